The molecule has 0 unspecified atom stereocenters. The Morgan fingerprint density at radius 3 is 2.48 bits per heavy atom. The van der Waals surface area contributed by atoms with E-state index >= 15 is 0 Å². The number of Topliss-reactive ketones (excluding diaryl/α,β-unsaturated/α-hetero) is 1. The number of carbonyl (C=O) groups is 1. The van der Waals surface area contributed by atoms with Crippen molar-refractivity contribution in [3.05, 3.63) is 57.1 Å². The summed E-state index contributed by atoms with van der Waals surface area (Å²) in [4.78, 5) is 15.5. The molecule has 132 valence electrons. The van der Waals surface area contributed by atoms with Crippen molar-refractivity contribution in [1.82, 2.24) is 9.78 Å². The summed E-state index contributed by atoms with van der Waals surface area (Å²) in [6, 6.07) is 3.34. The maximum absolute atomic E-state index is 13.1. The molecule has 0 spiro atoms. The first-order valence-corrected chi connectivity index (χ1v) is 8.09. The molecule has 0 bridgehead atoms. The zero-order valence-corrected chi connectivity index (χ0v) is 15.4. The van der Waals surface area contributed by atoms with E-state index in [1.54, 1.807) is 20.0 Å². The van der Waals surface area contributed by atoms with E-state index < -0.39 is 23.0 Å². The van der Waals surface area contributed by atoms with Gasteiger partial charge in [0.15, 0.2) is 11.5 Å². The second-order valence-electron chi connectivity index (χ2n) is 6.17. The third-order valence-electron chi connectivity index (χ3n) is 3.94. The van der Waals surface area contributed by atoms with E-state index in [1.807, 2.05) is 6.92 Å². The topological polar surface area (TPSA) is 39.2 Å². The fourth-order valence-electron chi connectivity index (χ4n) is 2.27. The van der Waals surface area contributed by atoms with Crippen LogP contribution in [0.1, 0.15) is 30.5 Å². The first-order chi connectivity index (χ1) is 11.5. The van der Waals surface area contributed by atoms with Gasteiger partial charge in [-0.25, -0.2) is 4.85 Å². The minimum atomic E-state index is -4.64. The first-order valence-electron chi connectivity index (χ1n) is 7.30. The summed E-state index contributed by atoms with van der Waals surface area (Å²) >= 11 is 3.28. The minimum absolute atomic E-state index is 0.190. The van der Waals surface area contributed by atoms with Crippen LogP contribution in [0.15, 0.2) is 29.0 Å². The Hall–Kier alpha value is -2.14. The highest BCUT2D eigenvalue weighted by Crippen LogP contribution is 2.37. The number of alkyl halides is 3. The summed E-state index contributed by atoms with van der Waals surface area (Å²) < 4.78 is 41.3. The molecule has 2 aromatic rings. The molecule has 0 N–H and O–H groups in total. The van der Waals surface area contributed by atoms with E-state index in [-0.39, 0.29) is 17.8 Å². The average molecular weight is 414 g/mol. The molecular formula is C17H15BrF3N3O. The number of benzene rings is 1. The number of hydrogen-bond donors (Lipinski definition) is 0. The maximum atomic E-state index is 13.1. The summed E-state index contributed by atoms with van der Waals surface area (Å²) in [5.74, 6) is -0.286. The number of halogens is 4. The van der Waals surface area contributed by atoms with E-state index in [0.29, 0.717) is 4.60 Å². The van der Waals surface area contributed by atoms with Crippen molar-refractivity contribution in [2.45, 2.75) is 38.9 Å². The van der Waals surface area contributed by atoms with Crippen LogP contribution in [-0.4, -0.2) is 15.6 Å². The van der Waals surface area contributed by atoms with Crippen LogP contribution in [0.3, 0.4) is 0 Å². The maximum Gasteiger partial charge on any atom is 0.407 e. The Kier molecular flexibility index (Phi) is 5.09. The quantitative estimate of drug-likeness (QED) is 0.656. The molecule has 1 aromatic carbocycles. The standard InChI is InChI=1S/C17H15BrF3N3O/c1-10-9-24(23-15(10)18)16(2,3)14(25)8-11-5-6-13(22-4)12(7-11)17(19,20)21/h5-7,9H,8H2,1-3H3. The zero-order chi connectivity index (χ0) is 19.0. The van der Waals surface area contributed by atoms with Crippen LogP contribution in [0, 0.1) is 13.5 Å². The van der Waals surface area contributed by atoms with Crippen LogP contribution in [0.2, 0.25) is 0 Å². The van der Waals surface area contributed by atoms with Gasteiger partial charge in [-0.05, 0) is 42.3 Å². The van der Waals surface area contributed by atoms with Gasteiger partial charge in [0.05, 0.1) is 12.1 Å². The molecule has 0 aliphatic rings. The van der Waals surface area contributed by atoms with Crippen molar-refractivity contribution in [2.75, 3.05) is 0 Å². The molecule has 1 aromatic heterocycles. The monoisotopic (exact) mass is 413 g/mol. The van der Waals surface area contributed by atoms with E-state index in [1.165, 1.54) is 10.7 Å². The van der Waals surface area contributed by atoms with Crippen LogP contribution < -0.4 is 0 Å². The Bertz CT molecular complexity index is 843. The highest BCUT2D eigenvalue weighted by molar-refractivity contribution is 9.10. The van der Waals surface area contributed by atoms with Crippen molar-refractivity contribution in [3.8, 4) is 0 Å². The molecule has 25 heavy (non-hydrogen) atoms. The van der Waals surface area contributed by atoms with Gasteiger partial charge >= 0.3 is 6.18 Å². The smallest absolute Gasteiger partial charge is 0.297 e. The van der Waals surface area contributed by atoms with Crippen molar-refractivity contribution in [3.63, 3.8) is 0 Å². The van der Waals surface area contributed by atoms with Crippen LogP contribution >= 0.6 is 15.9 Å². The van der Waals surface area contributed by atoms with Crippen LogP contribution in [0.25, 0.3) is 4.85 Å². The molecule has 0 amide bonds. The number of ketones is 1. The van der Waals surface area contributed by atoms with Gasteiger partial charge in [-0.3, -0.25) is 9.48 Å². The van der Waals surface area contributed by atoms with Gasteiger partial charge in [-0.1, -0.05) is 18.2 Å². The number of rotatable bonds is 4. The van der Waals surface area contributed by atoms with Crippen LogP contribution in [-0.2, 0) is 22.9 Å². The molecule has 0 saturated heterocycles. The Labute approximate surface area is 151 Å². The number of aromatic nitrogens is 2. The van der Waals surface area contributed by atoms with Crippen molar-refractivity contribution < 1.29 is 18.0 Å². The summed E-state index contributed by atoms with van der Waals surface area (Å²) in [5, 5.41) is 4.22. The molecule has 0 saturated carbocycles. The summed E-state index contributed by atoms with van der Waals surface area (Å²) in [7, 11) is 0. The molecule has 4 nitrogen and oxygen atoms in total. The van der Waals surface area contributed by atoms with Gasteiger partial charge in [0.2, 0.25) is 0 Å². The lowest BCUT2D eigenvalue weighted by Gasteiger charge is -2.24. The highest BCUT2D eigenvalue weighted by Gasteiger charge is 2.35. The van der Waals surface area contributed by atoms with Gasteiger partial charge in [0.1, 0.15) is 10.1 Å². The third-order valence-corrected chi connectivity index (χ3v) is 4.73. The van der Waals surface area contributed by atoms with Crippen LogP contribution in [0.4, 0.5) is 18.9 Å². The Morgan fingerprint density at radius 1 is 1.36 bits per heavy atom. The van der Waals surface area contributed by atoms with E-state index in [2.05, 4.69) is 25.9 Å². The first kappa shape index (κ1) is 19.2. The summed E-state index contributed by atoms with van der Waals surface area (Å²) in [6.45, 7) is 12.0. The van der Waals surface area contributed by atoms with Gasteiger partial charge in [-0.15, -0.1) is 0 Å². The van der Waals surface area contributed by atoms with Gasteiger partial charge < -0.3 is 0 Å². The Morgan fingerprint density at radius 2 is 2.00 bits per heavy atom. The predicted molar refractivity (Wildman–Crippen MR) is 90.4 cm³/mol. The SMILES string of the molecule is [C-]#[N+]c1ccc(CC(=O)C(C)(C)n2cc(C)c(Br)n2)cc1C(F)(F)F. The largest absolute Gasteiger partial charge is 0.407 e. The van der Waals surface area contributed by atoms with E-state index in [9.17, 15) is 18.0 Å². The third kappa shape index (κ3) is 3.93. The number of carbonyl (C=O) groups excluding carboxylic acids is 1. The highest BCUT2D eigenvalue weighted by atomic mass is 79.9. The summed E-state index contributed by atoms with van der Waals surface area (Å²) in [5.41, 5.74) is -1.46. The minimum Gasteiger partial charge on any atom is -0.297 e. The second kappa shape index (κ2) is 6.64. The molecule has 2 rings (SSSR count). The molecule has 1 heterocycles. The molecule has 0 fully saturated rings. The predicted octanol–water partition coefficient (Wildman–Crippen LogP) is 5.07. The molecule has 8 heteroatoms. The van der Waals surface area contributed by atoms with E-state index in [4.69, 9.17) is 6.57 Å². The average Bonchev–Trinajstić information content (AvgIpc) is 2.86. The molecule has 0 aliphatic heterocycles. The molecule has 0 atom stereocenters. The van der Waals surface area contributed by atoms with Gasteiger partial charge in [0, 0.05) is 18.2 Å². The van der Waals surface area contributed by atoms with Crippen LogP contribution in [0.5, 0.6) is 0 Å². The summed E-state index contributed by atoms with van der Waals surface area (Å²) in [6.07, 6.45) is -3.13. The number of aryl methyl sites for hydroxylation is 1. The molecule has 0 radical (unpaired) electrons. The fraction of sp³-hybridized carbons (Fsp3) is 0.353. The van der Waals surface area contributed by atoms with Crippen molar-refractivity contribution >= 4 is 27.4 Å². The van der Waals surface area contributed by atoms with Crippen molar-refractivity contribution in [1.29, 1.82) is 0 Å². The number of hydrogen-bond acceptors (Lipinski definition) is 2. The lowest BCUT2D eigenvalue weighted by molar-refractivity contribution is -0.137. The number of nitrogens with zero attached hydrogens (tertiary/aromatic N) is 3. The normalized spacial score (nSPS) is 12.1. The lowest BCUT2D eigenvalue weighted by atomic mass is 9.93. The van der Waals surface area contributed by atoms with E-state index in [0.717, 1.165) is 17.7 Å². The molecule has 0 aliphatic carbocycles. The van der Waals surface area contributed by atoms with Gasteiger partial charge in [-0.2, -0.15) is 18.3 Å². The zero-order valence-electron chi connectivity index (χ0n) is 13.8. The lowest BCUT2D eigenvalue weighted by Crippen LogP contribution is -2.37. The second-order valence-corrected chi connectivity index (χ2v) is 6.92. The molecular weight excluding hydrogens is 399 g/mol. The van der Waals surface area contributed by atoms with Crippen molar-refractivity contribution in [2.24, 2.45) is 0 Å². The Balaban J connectivity index is 2.33. The van der Waals surface area contributed by atoms with Gasteiger partial charge in [0.25, 0.3) is 0 Å². The fourth-order valence-corrected chi connectivity index (χ4v) is 2.55.